The highest BCUT2D eigenvalue weighted by molar-refractivity contribution is 9.11. The molecule has 0 spiro atoms. The maximum Gasteiger partial charge on any atom is 0.294 e. The third kappa shape index (κ3) is 5.27. The average molecular weight is 580 g/mol. The summed E-state index contributed by atoms with van der Waals surface area (Å²) in [6, 6.07) is 13.5. The highest BCUT2D eigenvalue weighted by Crippen LogP contribution is 2.38. The molecule has 4 rings (SSSR count). The van der Waals surface area contributed by atoms with E-state index in [9.17, 15) is 14.4 Å². The molecule has 2 aromatic rings. The fraction of sp³-hybridized carbons (Fsp3) is 0.261. The van der Waals surface area contributed by atoms with Crippen LogP contribution in [0.4, 0.5) is 4.79 Å². The van der Waals surface area contributed by atoms with Gasteiger partial charge in [-0.15, -0.1) is 0 Å². The molecule has 0 N–H and O–H groups in total. The van der Waals surface area contributed by atoms with Crippen molar-refractivity contribution in [2.24, 2.45) is 0 Å². The van der Waals surface area contributed by atoms with Crippen LogP contribution < -0.4 is 4.74 Å². The summed E-state index contributed by atoms with van der Waals surface area (Å²) in [5.74, 6) is 0.0240. The van der Waals surface area contributed by atoms with Crippen molar-refractivity contribution in [2.45, 2.75) is 19.4 Å². The Morgan fingerprint density at radius 3 is 2.38 bits per heavy atom. The van der Waals surface area contributed by atoms with Crippen molar-refractivity contribution in [2.75, 3.05) is 19.6 Å². The number of ether oxygens (including phenoxy) is 1. The molecule has 2 aliphatic heterocycles. The second kappa shape index (κ2) is 10.2. The van der Waals surface area contributed by atoms with Crippen molar-refractivity contribution in [1.29, 1.82) is 0 Å². The molecule has 2 fully saturated rings. The molecular formula is C23H20Br2N2O4S. The topological polar surface area (TPSA) is 66.9 Å². The Bertz CT molecular complexity index is 1060. The molecule has 6 nitrogen and oxygen atoms in total. The number of carbonyl (C=O) groups is 3. The van der Waals surface area contributed by atoms with Gasteiger partial charge in [-0.2, -0.15) is 0 Å². The van der Waals surface area contributed by atoms with Gasteiger partial charge >= 0.3 is 0 Å². The van der Waals surface area contributed by atoms with Gasteiger partial charge in [0.2, 0.25) is 5.91 Å². The summed E-state index contributed by atoms with van der Waals surface area (Å²) in [7, 11) is 0. The summed E-state index contributed by atoms with van der Waals surface area (Å²) in [4.78, 5) is 40.5. The fourth-order valence-electron chi connectivity index (χ4n) is 3.52. The highest BCUT2D eigenvalue weighted by Gasteiger charge is 2.37. The molecule has 0 atom stereocenters. The predicted molar refractivity (Wildman–Crippen MR) is 131 cm³/mol. The SMILES string of the molecule is O=C(CN1C(=O)S/C(=C/c2cc(Br)c(OCc3ccccc3)c(Br)c2)C1=O)N1CCCC1. The molecule has 2 aliphatic rings. The quantitative estimate of drug-likeness (QED) is 0.426. The number of hydrogen-bond donors (Lipinski definition) is 0. The molecule has 0 bridgehead atoms. The van der Waals surface area contributed by atoms with E-state index in [2.05, 4.69) is 31.9 Å². The summed E-state index contributed by atoms with van der Waals surface area (Å²) >= 11 is 7.90. The van der Waals surface area contributed by atoms with Crippen LogP contribution in [0, 0.1) is 0 Å². The number of imide groups is 1. The van der Waals surface area contributed by atoms with E-state index in [1.54, 1.807) is 11.0 Å². The second-order valence-corrected chi connectivity index (χ2v) is 10.1. The Kier molecular flexibility index (Phi) is 7.37. The third-order valence-corrected chi connectivity index (χ3v) is 7.26. The van der Waals surface area contributed by atoms with E-state index in [0.29, 0.717) is 30.4 Å². The monoisotopic (exact) mass is 578 g/mol. The molecule has 0 unspecified atom stereocenters. The lowest BCUT2D eigenvalue weighted by atomic mass is 10.2. The van der Waals surface area contributed by atoms with Crippen molar-refractivity contribution in [3.63, 3.8) is 0 Å². The van der Waals surface area contributed by atoms with Crippen molar-refractivity contribution in [3.8, 4) is 5.75 Å². The van der Waals surface area contributed by atoms with Crippen LogP contribution in [0.15, 0.2) is 56.3 Å². The lowest BCUT2D eigenvalue weighted by molar-refractivity contribution is -0.135. The number of likely N-dealkylation sites (tertiary alicyclic amines) is 1. The first-order valence-electron chi connectivity index (χ1n) is 10.1. The van der Waals surface area contributed by atoms with Gasteiger partial charge in [-0.1, -0.05) is 30.3 Å². The second-order valence-electron chi connectivity index (χ2n) is 7.44. The van der Waals surface area contributed by atoms with Crippen LogP contribution in [-0.2, 0) is 16.2 Å². The van der Waals surface area contributed by atoms with E-state index >= 15 is 0 Å². The number of nitrogens with zero attached hydrogens (tertiary/aromatic N) is 2. The molecule has 0 aromatic heterocycles. The van der Waals surface area contributed by atoms with Gasteiger partial charge < -0.3 is 9.64 Å². The number of carbonyl (C=O) groups excluding carboxylic acids is 3. The molecule has 2 aromatic carbocycles. The normalized spacial score (nSPS) is 17.5. The van der Waals surface area contributed by atoms with E-state index in [0.717, 1.165) is 49.6 Å². The third-order valence-electron chi connectivity index (χ3n) is 5.17. The highest BCUT2D eigenvalue weighted by atomic mass is 79.9. The summed E-state index contributed by atoms with van der Waals surface area (Å²) in [5.41, 5.74) is 1.78. The maximum atomic E-state index is 12.8. The van der Waals surface area contributed by atoms with Gasteiger partial charge in [0.1, 0.15) is 18.9 Å². The van der Waals surface area contributed by atoms with Crippen molar-refractivity contribution in [1.82, 2.24) is 9.80 Å². The average Bonchev–Trinajstić information content (AvgIpc) is 3.39. The van der Waals surface area contributed by atoms with E-state index in [-0.39, 0.29) is 12.5 Å². The zero-order valence-electron chi connectivity index (χ0n) is 17.1. The molecule has 0 aliphatic carbocycles. The van der Waals surface area contributed by atoms with E-state index in [1.807, 2.05) is 42.5 Å². The Morgan fingerprint density at radius 1 is 1.06 bits per heavy atom. The first-order valence-corrected chi connectivity index (χ1v) is 12.5. The Balaban J connectivity index is 1.46. The smallest absolute Gasteiger partial charge is 0.294 e. The van der Waals surface area contributed by atoms with Crippen molar-refractivity contribution < 1.29 is 19.1 Å². The van der Waals surface area contributed by atoms with Crippen LogP contribution in [0.5, 0.6) is 5.75 Å². The van der Waals surface area contributed by atoms with Crippen LogP contribution in [0.3, 0.4) is 0 Å². The molecule has 9 heteroatoms. The molecule has 0 saturated carbocycles. The van der Waals surface area contributed by atoms with Gasteiger partial charge in [-0.3, -0.25) is 19.3 Å². The summed E-state index contributed by atoms with van der Waals surface area (Å²) < 4.78 is 7.38. The van der Waals surface area contributed by atoms with E-state index < -0.39 is 11.1 Å². The summed E-state index contributed by atoms with van der Waals surface area (Å²) in [6.45, 7) is 1.58. The molecule has 166 valence electrons. The molecular weight excluding hydrogens is 560 g/mol. The van der Waals surface area contributed by atoms with Crippen LogP contribution >= 0.6 is 43.6 Å². The largest absolute Gasteiger partial charge is 0.487 e. The van der Waals surface area contributed by atoms with Crippen molar-refractivity contribution >= 4 is 66.8 Å². The Hall–Kier alpha value is -2.10. The number of rotatable bonds is 6. The van der Waals surface area contributed by atoms with Crippen LogP contribution in [0.2, 0.25) is 0 Å². The van der Waals surface area contributed by atoms with E-state index in [1.165, 1.54) is 0 Å². The molecule has 3 amide bonds. The Morgan fingerprint density at radius 2 is 1.72 bits per heavy atom. The van der Waals surface area contributed by atoms with Gasteiger partial charge in [-0.05, 0) is 85.8 Å². The molecule has 32 heavy (non-hydrogen) atoms. The molecule has 2 saturated heterocycles. The Labute approximate surface area is 207 Å². The number of thioether (sulfide) groups is 1. The lowest BCUT2D eigenvalue weighted by Gasteiger charge is -2.18. The predicted octanol–water partition coefficient (Wildman–Crippen LogP) is 5.45. The summed E-state index contributed by atoms with van der Waals surface area (Å²) in [5, 5.41) is -0.422. The number of hydrogen-bond acceptors (Lipinski definition) is 5. The van der Waals surface area contributed by atoms with Gasteiger partial charge in [0.05, 0.1) is 13.9 Å². The van der Waals surface area contributed by atoms with Gasteiger partial charge in [-0.25, -0.2) is 0 Å². The standard InChI is InChI=1S/C23H20Br2N2O4S/c24-17-10-16(11-18(25)21(17)31-14-15-6-2-1-3-7-15)12-19-22(29)27(23(30)32-19)13-20(28)26-8-4-5-9-26/h1-3,6-7,10-12H,4-5,8-9,13-14H2/b19-12+. The number of amides is 3. The minimum atomic E-state index is -0.441. The number of benzene rings is 2. The first-order chi connectivity index (χ1) is 15.4. The number of halogens is 2. The first kappa shape index (κ1) is 23.1. The maximum absolute atomic E-state index is 12.8. The van der Waals surface area contributed by atoms with Crippen molar-refractivity contribution in [3.05, 3.63) is 67.4 Å². The fourth-order valence-corrected chi connectivity index (χ4v) is 5.81. The lowest BCUT2D eigenvalue weighted by Crippen LogP contribution is -2.40. The van der Waals surface area contributed by atoms with Gasteiger partial charge in [0.25, 0.3) is 11.1 Å². The zero-order valence-corrected chi connectivity index (χ0v) is 21.0. The van der Waals surface area contributed by atoms with Crippen LogP contribution in [0.1, 0.15) is 24.0 Å². The van der Waals surface area contributed by atoms with Crippen LogP contribution in [-0.4, -0.2) is 46.5 Å². The summed E-state index contributed by atoms with van der Waals surface area (Å²) in [6.07, 6.45) is 3.58. The zero-order chi connectivity index (χ0) is 22.7. The molecule has 0 radical (unpaired) electrons. The van der Waals surface area contributed by atoms with Gasteiger partial charge in [0, 0.05) is 13.1 Å². The minimum Gasteiger partial charge on any atom is -0.487 e. The van der Waals surface area contributed by atoms with E-state index in [4.69, 9.17) is 4.74 Å². The van der Waals surface area contributed by atoms with Gasteiger partial charge in [0.15, 0.2) is 0 Å². The minimum absolute atomic E-state index is 0.184. The van der Waals surface area contributed by atoms with Crippen LogP contribution in [0.25, 0.3) is 6.08 Å². The molecule has 2 heterocycles.